The van der Waals surface area contributed by atoms with Crippen LogP contribution in [0.3, 0.4) is 0 Å². The van der Waals surface area contributed by atoms with Crippen molar-refractivity contribution in [1.82, 2.24) is 5.43 Å². The van der Waals surface area contributed by atoms with Gasteiger partial charge in [-0.3, -0.25) is 4.79 Å². The van der Waals surface area contributed by atoms with E-state index in [1.807, 2.05) is 49.4 Å². The molecule has 0 radical (unpaired) electrons. The fourth-order valence-corrected chi connectivity index (χ4v) is 3.62. The number of fused-ring (bicyclic) bond motifs is 1. The van der Waals surface area contributed by atoms with Crippen molar-refractivity contribution in [3.63, 3.8) is 0 Å². The van der Waals surface area contributed by atoms with Crippen LogP contribution in [0.15, 0.2) is 90.0 Å². The fraction of sp³-hybridized carbons (Fsp3) is 0.167. The number of esters is 1. The standard InChI is InChI=1S/C30H28N2O6/c1-4-36-25-13-11-23(12-14-25)30(34)38-27-16-9-21(17-28(27)35-3)19-31-32-29(33)20(2)37-26-15-10-22-7-5-6-8-24(22)18-26/h5-20H,4H2,1-3H3,(H,32,33)/b31-19+. The predicted molar refractivity (Wildman–Crippen MR) is 145 cm³/mol. The molecule has 194 valence electrons. The second-order valence-electron chi connectivity index (χ2n) is 8.26. The average Bonchev–Trinajstić information content (AvgIpc) is 2.94. The predicted octanol–water partition coefficient (Wildman–Crippen LogP) is 5.38. The van der Waals surface area contributed by atoms with E-state index >= 15 is 0 Å². The first kappa shape index (κ1) is 26.2. The van der Waals surface area contributed by atoms with Gasteiger partial charge in [0.1, 0.15) is 11.5 Å². The Balaban J connectivity index is 1.34. The summed E-state index contributed by atoms with van der Waals surface area (Å²) in [6.45, 7) is 4.08. The van der Waals surface area contributed by atoms with Gasteiger partial charge in [0, 0.05) is 0 Å². The Hall–Kier alpha value is -4.85. The Morgan fingerprint density at radius 3 is 2.37 bits per heavy atom. The minimum atomic E-state index is -0.757. The molecule has 0 spiro atoms. The van der Waals surface area contributed by atoms with Crippen LogP contribution in [-0.4, -0.2) is 37.9 Å². The highest BCUT2D eigenvalue weighted by Crippen LogP contribution is 2.28. The van der Waals surface area contributed by atoms with Gasteiger partial charge < -0.3 is 18.9 Å². The first-order valence-corrected chi connectivity index (χ1v) is 12.1. The summed E-state index contributed by atoms with van der Waals surface area (Å²) in [5.74, 6) is 0.933. The van der Waals surface area contributed by atoms with Gasteiger partial charge in [-0.2, -0.15) is 5.10 Å². The summed E-state index contributed by atoms with van der Waals surface area (Å²) in [5.41, 5.74) is 3.49. The second kappa shape index (κ2) is 12.4. The maximum Gasteiger partial charge on any atom is 0.343 e. The van der Waals surface area contributed by atoms with Crippen LogP contribution in [0.5, 0.6) is 23.0 Å². The number of rotatable bonds is 10. The van der Waals surface area contributed by atoms with Crippen LogP contribution in [0.4, 0.5) is 0 Å². The first-order valence-electron chi connectivity index (χ1n) is 12.1. The normalized spacial score (nSPS) is 11.7. The van der Waals surface area contributed by atoms with Crippen LogP contribution < -0.4 is 24.4 Å². The summed E-state index contributed by atoms with van der Waals surface area (Å²) in [6.07, 6.45) is 0.702. The number of nitrogens with one attached hydrogen (secondary N) is 1. The number of hydrogen-bond acceptors (Lipinski definition) is 7. The molecule has 8 heteroatoms. The number of nitrogens with zero attached hydrogens (tertiary/aromatic N) is 1. The quantitative estimate of drug-likeness (QED) is 0.133. The number of methoxy groups -OCH3 is 1. The van der Waals surface area contributed by atoms with E-state index in [9.17, 15) is 9.59 Å². The third-order valence-electron chi connectivity index (χ3n) is 5.58. The van der Waals surface area contributed by atoms with Crippen LogP contribution in [0, 0.1) is 0 Å². The molecule has 1 N–H and O–H groups in total. The molecule has 0 bridgehead atoms. The highest BCUT2D eigenvalue weighted by atomic mass is 16.6. The maximum atomic E-state index is 12.5. The lowest BCUT2D eigenvalue weighted by molar-refractivity contribution is -0.127. The molecule has 8 nitrogen and oxygen atoms in total. The minimum absolute atomic E-state index is 0.255. The summed E-state index contributed by atoms with van der Waals surface area (Å²) < 4.78 is 22.0. The van der Waals surface area contributed by atoms with Crippen LogP contribution in [0.1, 0.15) is 29.8 Å². The van der Waals surface area contributed by atoms with E-state index in [-0.39, 0.29) is 5.75 Å². The minimum Gasteiger partial charge on any atom is -0.494 e. The van der Waals surface area contributed by atoms with Gasteiger partial charge in [0.05, 0.1) is 25.5 Å². The molecule has 1 unspecified atom stereocenters. The van der Waals surface area contributed by atoms with Crippen molar-refractivity contribution in [2.75, 3.05) is 13.7 Å². The molecule has 0 saturated carbocycles. The molecular weight excluding hydrogens is 484 g/mol. The van der Waals surface area contributed by atoms with Gasteiger partial charge >= 0.3 is 5.97 Å². The zero-order valence-corrected chi connectivity index (χ0v) is 21.3. The van der Waals surface area contributed by atoms with Crippen molar-refractivity contribution in [2.45, 2.75) is 20.0 Å². The zero-order chi connectivity index (χ0) is 26.9. The molecule has 0 heterocycles. The molecule has 1 atom stereocenters. The van der Waals surface area contributed by atoms with Crippen LogP contribution in [0.25, 0.3) is 10.8 Å². The molecule has 4 aromatic rings. The van der Waals surface area contributed by atoms with Gasteiger partial charge in [-0.15, -0.1) is 0 Å². The van der Waals surface area contributed by atoms with Crippen LogP contribution in [0.2, 0.25) is 0 Å². The monoisotopic (exact) mass is 512 g/mol. The number of benzene rings is 4. The molecule has 38 heavy (non-hydrogen) atoms. The van der Waals surface area contributed by atoms with Crippen LogP contribution in [-0.2, 0) is 4.79 Å². The number of amides is 1. The van der Waals surface area contributed by atoms with Crippen molar-refractivity contribution in [2.24, 2.45) is 5.10 Å². The van der Waals surface area contributed by atoms with Crippen molar-refractivity contribution >= 4 is 28.9 Å². The van der Waals surface area contributed by atoms with E-state index in [2.05, 4.69) is 10.5 Å². The Morgan fingerprint density at radius 2 is 1.63 bits per heavy atom. The summed E-state index contributed by atoms with van der Waals surface area (Å²) in [6, 6.07) is 25.2. The summed E-state index contributed by atoms with van der Waals surface area (Å²) in [7, 11) is 1.47. The molecule has 0 saturated heterocycles. The maximum absolute atomic E-state index is 12.5. The van der Waals surface area contributed by atoms with Crippen molar-refractivity contribution in [3.05, 3.63) is 96.1 Å². The molecule has 0 aliphatic rings. The Bertz CT molecular complexity index is 1450. The third kappa shape index (κ3) is 6.67. The SMILES string of the molecule is CCOc1ccc(C(=O)Oc2ccc(/C=N/NC(=O)C(C)Oc3ccc4ccccc4c3)cc2OC)cc1. The number of ether oxygens (including phenoxy) is 4. The molecule has 0 aliphatic heterocycles. The second-order valence-corrected chi connectivity index (χ2v) is 8.26. The van der Waals surface area contributed by atoms with Gasteiger partial charge in [-0.25, -0.2) is 10.2 Å². The van der Waals surface area contributed by atoms with Crippen molar-refractivity contribution < 1.29 is 28.5 Å². The van der Waals surface area contributed by atoms with E-state index in [1.165, 1.54) is 13.3 Å². The Morgan fingerprint density at radius 1 is 0.895 bits per heavy atom. The lowest BCUT2D eigenvalue weighted by Crippen LogP contribution is -2.33. The number of hydrogen-bond donors (Lipinski definition) is 1. The smallest absolute Gasteiger partial charge is 0.343 e. The Kier molecular flexibility index (Phi) is 8.56. The first-order chi connectivity index (χ1) is 18.5. The molecule has 0 fully saturated rings. The lowest BCUT2D eigenvalue weighted by atomic mass is 10.1. The fourth-order valence-electron chi connectivity index (χ4n) is 3.62. The van der Waals surface area contributed by atoms with Gasteiger partial charge in [0.2, 0.25) is 0 Å². The van der Waals surface area contributed by atoms with Crippen LogP contribution >= 0.6 is 0 Å². The van der Waals surface area contributed by atoms with E-state index in [0.29, 0.717) is 35.0 Å². The summed E-state index contributed by atoms with van der Waals surface area (Å²) in [5, 5.41) is 6.13. The molecule has 1 amide bonds. The lowest BCUT2D eigenvalue weighted by Gasteiger charge is -2.13. The highest BCUT2D eigenvalue weighted by Gasteiger charge is 2.15. The molecule has 0 aliphatic carbocycles. The van der Waals surface area contributed by atoms with Gasteiger partial charge in [-0.05, 0) is 84.8 Å². The molecule has 4 rings (SSSR count). The average molecular weight is 513 g/mol. The number of hydrazone groups is 1. The van der Waals surface area contributed by atoms with E-state index < -0.39 is 18.0 Å². The third-order valence-corrected chi connectivity index (χ3v) is 5.58. The molecule has 0 aromatic heterocycles. The largest absolute Gasteiger partial charge is 0.494 e. The summed E-state index contributed by atoms with van der Waals surface area (Å²) in [4.78, 5) is 25.0. The molecular formula is C30H28N2O6. The molecule has 4 aromatic carbocycles. The Labute approximate surface area is 220 Å². The van der Waals surface area contributed by atoms with Crippen molar-refractivity contribution in [3.8, 4) is 23.0 Å². The number of carbonyl (C=O) groups is 2. The zero-order valence-electron chi connectivity index (χ0n) is 21.3. The van der Waals surface area contributed by atoms with Gasteiger partial charge in [-0.1, -0.05) is 30.3 Å². The van der Waals surface area contributed by atoms with E-state index in [0.717, 1.165) is 10.8 Å². The van der Waals surface area contributed by atoms with E-state index in [1.54, 1.807) is 49.4 Å². The summed E-state index contributed by atoms with van der Waals surface area (Å²) >= 11 is 0. The van der Waals surface area contributed by atoms with Gasteiger partial charge in [0.15, 0.2) is 17.6 Å². The highest BCUT2D eigenvalue weighted by molar-refractivity contribution is 5.92. The van der Waals surface area contributed by atoms with Gasteiger partial charge in [0.25, 0.3) is 5.91 Å². The van der Waals surface area contributed by atoms with E-state index in [4.69, 9.17) is 18.9 Å². The topological polar surface area (TPSA) is 95.5 Å². The number of carbonyl (C=O) groups excluding carboxylic acids is 2. The van der Waals surface area contributed by atoms with Crippen molar-refractivity contribution in [1.29, 1.82) is 0 Å².